The first-order valence-electron chi connectivity index (χ1n) is 10.3. The van der Waals surface area contributed by atoms with Gasteiger partial charge < -0.3 is 25.0 Å². The first-order chi connectivity index (χ1) is 16.2. The van der Waals surface area contributed by atoms with Gasteiger partial charge in [0.2, 0.25) is 5.88 Å². The van der Waals surface area contributed by atoms with Crippen molar-refractivity contribution in [2.75, 3.05) is 25.6 Å². The summed E-state index contributed by atoms with van der Waals surface area (Å²) in [6.45, 7) is 3.43. The van der Waals surface area contributed by atoms with Crippen LogP contribution in [0.15, 0.2) is 24.3 Å². The lowest BCUT2D eigenvalue weighted by atomic mass is 9.99. The number of hydrogen-bond acceptors (Lipinski definition) is 8. The van der Waals surface area contributed by atoms with Crippen LogP contribution in [-0.4, -0.2) is 51.5 Å². The molecule has 0 atom stereocenters. The summed E-state index contributed by atoms with van der Waals surface area (Å²) in [5.74, 6) is -1.64. The fraction of sp³-hybridized carbons (Fsp3) is 0.261. The van der Waals surface area contributed by atoms with E-state index in [2.05, 4.69) is 20.3 Å². The summed E-state index contributed by atoms with van der Waals surface area (Å²) in [5.41, 5.74) is -0.391. The summed E-state index contributed by atoms with van der Waals surface area (Å²) >= 11 is 6.24. The molecule has 11 heteroatoms. The maximum absolute atomic E-state index is 16.0. The van der Waals surface area contributed by atoms with Crippen LogP contribution in [0.4, 0.5) is 14.6 Å². The number of anilines is 1. The highest BCUT2D eigenvalue weighted by molar-refractivity contribution is 6.37. The average Bonchev–Trinajstić information content (AvgIpc) is 2.80. The van der Waals surface area contributed by atoms with Gasteiger partial charge in [-0.25, -0.2) is 13.8 Å². The van der Waals surface area contributed by atoms with Crippen molar-refractivity contribution in [1.29, 1.82) is 0 Å². The number of halogens is 3. The van der Waals surface area contributed by atoms with Crippen LogP contribution in [0.3, 0.4) is 0 Å². The van der Waals surface area contributed by atoms with E-state index in [1.807, 2.05) is 0 Å². The Morgan fingerprint density at radius 2 is 1.88 bits per heavy atom. The van der Waals surface area contributed by atoms with Crippen LogP contribution in [-0.2, 0) is 0 Å². The second-order valence-electron chi connectivity index (χ2n) is 7.63. The Morgan fingerprint density at radius 1 is 1.12 bits per heavy atom. The SMILES string of the molecule is COc1nc(NCCO)c2c(OC(C)C)nc(-c3cc(O)cc4ccc(F)c(Cl)c34)c(F)c2n1. The van der Waals surface area contributed by atoms with Gasteiger partial charge in [0.25, 0.3) is 0 Å². The highest BCUT2D eigenvalue weighted by Crippen LogP contribution is 2.42. The van der Waals surface area contributed by atoms with E-state index < -0.39 is 11.6 Å². The number of nitrogens with one attached hydrogen (secondary N) is 1. The number of aromatic hydroxyl groups is 1. The lowest BCUT2D eigenvalue weighted by molar-refractivity contribution is 0.236. The molecule has 0 fully saturated rings. The molecule has 0 saturated carbocycles. The van der Waals surface area contributed by atoms with Crippen molar-refractivity contribution in [3.63, 3.8) is 0 Å². The summed E-state index contributed by atoms with van der Waals surface area (Å²) in [6, 6.07) is 5.07. The summed E-state index contributed by atoms with van der Waals surface area (Å²) < 4.78 is 41.3. The smallest absolute Gasteiger partial charge is 0.318 e. The van der Waals surface area contributed by atoms with E-state index in [9.17, 15) is 14.6 Å². The largest absolute Gasteiger partial charge is 0.508 e. The van der Waals surface area contributed by atoms with Crippen LogP contribution in [0.1, 0.15) is 13.8 Å². The summed E-state index contributed by atoms with van der Waals surface area (Å²) in [7, 11) is 1.33. The third kappa shape index (κ3) is 4.22. The Morgan fingerprint density at radius 3 is 2.56 bits per heavy atom. The van der Waals surface area contributed by atoms with Gasteiger partial charge in [0.05, 0.1) is 24.8 Å². The average molecular weight is 491 g/mol. The molecule has 2 aromatic heterocycles. The van der Waals surface area contributed by atoms with E-state index in [1.54, 1.807) is 13.8 Å². The topological polar surface area (TPSA) is 110 Å². The Hall–Kier alpha value is -3.50. The molecular weight excluding hydrogens is 470 g/mol. The van der Waals surface area contributed by atoms with Gasteiger partial charge in [-0.2, -0.15) is 9.97 Å². The van der Waals surface area contributed by atoms with E-state index >= 15 is 4.39 Å². The zero-order valence-electron chi connectivity index (χ0n) is 18.5. The number of fused-ring (bicyclic) bond motifs is 2. The van der Waals surface area contributed by atoms with Crippen LogP contribution in [0.25, 0.3) is 32.9 Å². The first kappa shape index (κ1) is 23.7. The van der Waals surface area contributed by atoms with E-state index in [4.69, 9.17) is 21.1 Å². The van der Waals surface area contributed by atoms with Crippen LogP contribution < -0.4 is 14.8 Å². The molecule has 0 aliphatic carbocycles. The van der Waals surface area contributed by atoms with Crippen molar-refractivity contribution in [1.82, 2.24) is 15.0 Å². The number of nitrogens with zero attached hydrogens (tertiary/aromatic N) is 3. The lowest BCUT2D eigenvalue weighted by Gasteiger charge is -2.18. The molecule has 3 N–H and O–H groups in total. The fourth-order valence-corrected chi connectivity index (χ4v) is 3.84. The monoisotopic (exact) mass is 490 g/mol. The molecule has 34 heavy (non-hydrogen) atoms. The predicted octanol–water partition coefficient (Wildman–Crippen LogP) is 4.68. The highest BCUT2D eigenvalue weighted by Gasteiger charge is 2.25. The standard InChI is InChI=1S/C23H21ClF2N4O4/c1-10(2)34-22-16-20(29-23(33-3)30-21(16)27-6-7-31)18(26)19(28-22)13-9-12(32)8-11-4-5-14(25)17(24)15(11)13/h4-5,8-10,31-32H,6-7H2,1-3H3,(H,27,29,30). The molecule has 0 aliphatic rings. The van der Waals surface area contributed by atoms with Gasteiger partial charge in [0, 0.05) is 17.5 Å². The van der Waals surface area contributed by atoms with Crippen molar-refractivity contribution >= 4 is 39.1 Å². The van der Waals surface area contributed by atoms with Gasteiger partial charge >= 0.3 is 6.01 Å². The molecule has 0 saturated heterocycles. The maximum atomic E-state index is 16.0. The molecule has 0 radical (unpaired) electrons. The Bertz CT molecular complexity index is 1400. The number of ether oxygens (including phenoxy) is 2. The number of benzene rings is 2. The summed E-state index contributed by atoms with van der Waals surface area (Å²) in [4.78, 5) is 12.7. The van der Waals surface area contributed by atoms with Gasteiger partial charge in [0.15, 0.2) is 5.82 Å². The van der Waals surface area contributed by atoms with Gasteiger partial charge in [-0.05, 0) is 37.4 Å². The van der Waals surface area contributed by atoms with Gasteiger partial charge in [0.1, 0.15) is 34.0 Å². The van der Waals surface area contributed by atoms with Crippen molar-refractivity contribution in [3.05, 3.63) is 40.9 Å². The number of aliphatic hydroxyl groups excluding tert-OH is 1. The molecule has 0 aliphatic heterocycles. The molecule has 2 aromatic carbocycles. The van der Waals surface area contributed by atoms with Crippen molar-refractivity contribution in [2.24, 2.45) is 0 Å². The van der Waals surface area contributed by atoms with Crippen LogP contribution in [0.5, 0.6) is 17.6 Å². The molecular formula is C23H21ClF2N4O4. The second kappa shape index (κ2) is 9.40. The number of methoxy groups -OCH3 is 1. The number of rotatable bonds is 7. The van der Waals surface area contributed by atoms with Gasteiger partial charge in [-0.15, -0.1) is 0 Å². The van der Waals surface area contributed by atoms with Gasteiger partial charge in [-0.3, -0.25) is 0 Å². The molecule has 178 valence electrons. The van der Waals surface area contributed by atoms with Gasteiger partial charge in [-0.1, -0.05) is 17.7 Å². The Kier molecular flexibility index (Phi) is 6.54. The van der Waals surface area contributed by atoms with E-state index in [0.29, 0.717) is 5.39 Å². The Labute approximate surface area is 198 Å². The van der Waals surface area contributed by atoms with Crippen molar-refractivity contribution in [3.8, 4) is 28.9 Å². The first-order valence-corrected chi connectivity index (χ1v) is 10.7. The number of aliphatic hydroxyl groups is 1. The molecule has 8 nitrogen and oxygen atoms in total. The molecule has 0 amide bonds. The Balaban J connectivity index is 2.13. The second-order valence-corrected chi connectivity index (χ2v) is 8.01. The van der Waals surface area contributed by atoms with E-state index in [0.717, 1.165) is 6.07 Å². The summed E-state index contributed by atoms with van der Waals surface area (Å²) in [6.07, 6.45) is -0.358. The number of hydrogen-bond donors (Lipinski definition) is 3. The minimum atomic E-state index is -0.883. The van der Waals surface area contributed by atoms with E-state index in [1.165, 1.54) is 25.3 Å². The quantitative estimate of drug-likeness (QED) is 0.342. The predicted molar refractivity (Wildman–Crippen MR) is 125 cm³/mol. The number of phenols is 1. The third-order valence-electron chi connectivity index (χ3n) is 4.91. The molecule has 4 aromatic rings. The van der Waals surface area contributed by atoms with Crippen LogP contribution in [0.2, 0.25) is 5.02 Å². The minimum absolute atomic E-state index is 0.00601. The fourth-order valence-electron chi connectivity index (χ4n) is 3.57. The number of aromatic nitrogens is 3. The molecule has 0 spiro atoms. The molecule has 4 rings (SSSR count). The lowest BCUT2D eigenvalue weighted by Crippen LogP contribution is -2.13. The minimum Gasteiger partial charge on any atom is -0.508 e. The number of pyridine rings is 1. The third-order valence-corrected chi connectivity index (χ3v) is 5.28. The van der Waals surface area contributed by atoms with Crippen LogP contribution in [0, 0.1) is 11.6 Å². The van der Waals surface area contributed by atoms with Crippen molar-refractivity contribution in [2.45, 2.75) is 20.0 Å². The van der Waals surface area contributed by atoms with Crippen molar-refractivity contribution < 1.29 is 28.5 Å². The molecule has 0 unspecified atom stereocenters. The summed E-state index contributed by atoms with van der Waals surface area (Å²) in [5, 5.41) is 22.8. The number of phenolic OH excluding ortho intramolecular Hbond substituents is 1. The molecule has 2 heterocycles. The van der Waals surface area contributed by atoms with E-state index in [-0.39, 0.29) is 75.3 Å². The maximum Gasteiger partial charge on any atom is 0.318 e. The van der Waals surface area contributed by atoms with Crippen LogP contribution >= 0.6 is 11.6 Å². The highest BCUT2D eigenvalue weighted by atomic mass is 35.5. The molecule has 0 bridgehead atoms. The zero-order valence-corrected chi connectivity index (χ0v) is 19.2. The normalized spacial score (nSPS) is 11.4. The zero-order chi connectivity index (χ0) is 24.6.